The van der Waals surface area contributed by atoms with Gasteiger partial charge in [0.2, 0.25) is 0 Å². The van der Waals surface area contributed by atoms with Crippen molar-refractivity contribution in [3.05, 3.63) is 59.2 Å². The van der Waals surface area contributed by atoms with Crippen LogP contribution in [0.3, 0.4) is 0 Å². The van der Waals surface area contributed by atoms with Gasteiger partial charge >= 0.3 is 0 Å². The van der Waals surface area contributed by atoms with E-state index in [0.717, 1.165) is 23.9 Å². The molecule has 3 aromatic rings. The molecule has 1 aliphatic heterocycles. The molecule has 1 aromatic carbocycles. The van der Waals surface area contributed by atoms with E-state index in [4.69, 9.17) is 9.47 Å². The highest BCUT2D eigenvalue weighted by Crippen LogP contribution is 2.38. The van der Waals surface area contributed by atoms with Gasteiger partial charge in [0.15, 0.2) is 6.23 Å². The van der Waals surface area contributed by atoms with E-state index in [9.17, 15) is 15.3 Å². The summed E-state index contributed by atoms with van der Waals surface area (Å²) in [5.41, 5.74) is 4.51. The van der Waals surface area contributed by atoms with E-state index in [1.165, 1.54) is 17.5 Å². The number of aliphatic hydroxyl groups excluding tert-OH is 3. The molecule has 0 unspecified atom stereocenters. The Bertz CT molecular complexity index is 1070. The molecule has 8 heteroatoms. The fourth-order valence-corrected chi connectivity index (χ4v) is 4.31. The fraction of sp³-hybridized carbons (Fsp3) is 0.455. The number of hydrogen-bond acceptors (Lipinski definition) is 7. The minimum Gasteiger partial charge on any atom is -0.387 e. The van der Waals surface area contributed by atoms with Crippen LogP contribution in [-0.4, -0.2) is 54.8 Å². The Hall–Kier alpha value is -2.36. The SMILES string of the molecule is CCOCc1ncnc2c1ccn2[C@@H]1O[C@H]([C@H](O)c2ccc3c(c2)CC3)[C@@H](O)[C@H]1O. The average molecular weight is 411 g/mol. The van der Waals surface area contributed by atoms with Crippen LogP contribution in [0.15, 0.2) is 36.8 Å². The number of fused-ring (bicyclic) bond motifs is 2. The Morgan fingerprint density at radius 1 is 1.17 bits per heavy atom. The second-order valence-electron chi connectivity index (χ2n) is 7.86. The largest absolute Gasteiger partial charge is 0.387 e. The van der Waals surface area contributed by atoms with Gasteiger partial charge in [0.25, 0.3) is 0 Å². The molecule has 3 heterocycles. The number of aromatic nitrogens is 3. The summed E-state index contributed by atoms with van der Waals surface area (Å²) in [6.45, 7) is 2.85. The van der Waals surface area contributed by atoms with Crippen LogP contribution >= 0.6 is 0 Å². The van der Waals surface area contributed by atoms with Crippen molar-refractivity contribution >= 4 is 11.0 Å². The fourth-order valence-electron chi connectivity index (χ4n) is 4.31. The Morgan fingerprint density at radius 3 is 2.73 bits per heavy atom. The summed E-state index contributed by atoms with van der Waals surface area (Å²) in [6, 6.07) is 7.66. The third-order valence-electron chi connectivity index (χ3n) is 6.13. The predicted octanol–water partition coefficient (Wildman–Crippen LogP) is 1.42. The van der Waals surface area contributed by atoms with Crippen LogP contribution < -0.4 is 0 Å². The highest BCUT2D eigenvalue weighted by molar-refractivity contribution is 5.78. The molecule has 0 saturated carbocycles. The van der Waals surface area contributed by atoms with Crippen LogP contribution in [0, 0.1) is 0 Å². The molecule has 8 nitrogen and oxygen atoms in total. The second kappa shape index (κ2) is 7.72. The highest BCUT2D eigenvalue weighted by atomic mass is 16.6. The second-order valence-corrected chi connectivity index (χ2v) is 7.86. The van der Waals surface area contributed by atoms with Crippen molar-refractivity contribution < 1.29 is 24.8 Å². The summed E-state index contributed by atoms with van der Waals surface area (Å²) in [6.07, 6.45) is -0.0826. The molecule has 2 aliphatic rings. The molecule has 2 aromatic heterocycles. The highest BCUT2D eigenvalue weighted by Gasteiger charge is 2.47. The first-order chi connectivity index (χ1) is 14.6. The zero-order valence-corrected chi connectivity index (χ0v) is 16.7. The molecule has 158 valence electrons. The zero-order valence-electron chi connectivity index (χ0n) is 16.7. The van der Waals surface area contributed by atoms with Gasteiger partial charge in [-0.25, -0.2) is 9.97 Å². The van der Waals surface area contributed by atoms with Gasteiger partial charge in [0.05, 0.1) is 12.3 Å². The van der Waals surface area contributed by atoms with Gasteiger partial charge in [-0.05, 0) is 42.5 Å². The molecule has 3 N–H and O–H groups in total. The van der Waals surface area contributed by atoms with E-state index < -0.39 is 30.6 Å². The molecule has 0 amide bonds. The first-order valence-corrected chi connectivity index (χ1v) is 10.3. The number of ether oxygens (including phenoxy) is 2. The van der Waals surface area contributed by atoms with Gasteiger partial charge in [-0.3, -0.25) is 0 Å². The molecule has 5 rings (SSSR count). The van der Waals surface area contributed by atoms with Gasteiger partial charge < -0.3 is 29.4 Å². The molecule has 5 atom stereocenters. The topological polar surface area (TPSA) is 110 Å². The van der Waals surface area contributed by atoms with E-state index in [0.29, 0.717) is 24.4 Å². The van der Waals surface area contributed by atoms with Crippen molar-refractivity contribution in [1.29, 1.82) is 0 Å². The number of hydrogen-bond donors (Lipinski definition) is 3. The number of aliphatic hydroxyl groups is 3. The third kappa shape index (κ3) is 3.12. The predicted molar refractivity (Wildman–Crippen MR) is 108 cm³/mol. The van der Waals surface area contributed by atoms with Crippen molar-refractivity contribution in [1.82, 2.24) is 14.5 Å². The molecular weight excluding hydrogens is 386 g/mol. The van der Waals surface area contributed by atoms with Crippen molar-refractivity contribution in [3.63, 3.8) is 0 Å². The lowest BCUT2D eigenvalue weighted by Gasteiger charge is -2.25. The first-order valence-electron chi connectivity index (χ1n) is 10.3. The van der Waals surface area contributed by atoms with Gasteiger partial charge in [0.1, 0.15) is 36.4 Å². The van der Waals surface area contributed by atoms with Gasteiger partial charge in [0, 0.05) is 18.2 Å². The molecule has 1 fully saturated rings. The number of rotatable bonds is 6. The van der Waals surface area contributed by atoms with Crippen LogP contribution in [0.2, 0.25) is 0 Å². The number of aryl methyl sites for hydroxylation is 2. The summed E-state index contributed by atoms with van der Waals surface area (Å²) in [7, 11) is 0. The molecule has 0 spiro atoms. The maximum atomic E-state index is 10.9. The lowest BCUT2D eigenvalue weighted by molar-refractivity contribution is -0.0848. The Balaban J connectivity index is 1.42. The van der Waals surface area contributed by atoms with Crippen LogP contribution in [0.25, 0.3) is 11.0 Å². The molecule has 1 saturated heterocycles. The lowest BCUT2D eigenvalue weighted by Crippen LogP contribution is -2.35. The maximum absolute atomic E-state index is 10.9. The van der Waals surface area contributed by atoms with E-state index in [2.05, 4.69) is 9.97 Å². The Kier molecular flexibility index (Phi) is 5.04. The van der Waals surface area contributed by atoms with Crippen molar-refractivity contribution in [2.45, 2.75) is 57.0 Å². The Labute approximate surface area is 173 Å². The summed E-state index contributed by atoms with van der Waals surface area (Å²) in [5.74, 6) is 0. The quantitative estimate of drug-likeness (QED) is 0.563. The minimum atomic E-state index is -1.24. The standard InChI is InChI=1S/C22H25N3O5/c1-2-29-10-16-15-7-8-25(21(15)24-11-23-16)22-19(28)18(27)20(30-22)17(26)14-6-4-12-3-5-13(12)9-14/h4,6-9,11,17-20,22,26-28H,2-3,5,10H2,1H3/t17-,18+,19-,20-,22-/m1/s1. The van der Waals surface area contributed by atoms with Crippen molar-refractivity contribution in [2.24, 2.45) is 0 Å². The van der Waals surface area contributed by atoms with E-state index in [1.54, 1.807) is 10.8 Å². The van der Waals surface area contributed by atoms with Crippen LogP contribution in [0.1, 0.15) is 41.6 Å². The lowest BCUT2D eigenvalue weighted by atomic mass is 9.85. The summed E-state index contributed by atoms with van der Waals surface area (Å²) < 4.78 is 13.1. The van der Waals surface area contributed by atoms with Gasteiger partial charge in [-0.15, -0.1) is 0 Å². The van der Waals surface area contributed by atoms with Gasteiger partial charge in [-0.2, -0.15) is 0 Å². The minimum absolute atomic E-state index is 0.357. The number of nitrogens with zero attached hydrogens (tertiary/aromatic N) is 3. The normalized spacial score (nSPS) is 26.5. The Morgan fingerprint density at radius 2 is 2.00 bits per heavy atom. The van der Waals surface area contributed by atoms with E-state index >= 15 is 0 Å². The van der Waals surface area contributed by atoms with Gasteiger partial charge in [-0.1, -0.05) is 18.2 Å². The summed E-state index contributed by atoms with van der Waals surface area (Å²) >= 11 is 0. The number of benzene rings is 1. The summed E-state index contributed by atoms with van der Waals surface area (Å²) in [4.78, 5) is 8.61. The third-order valence-corrected chi connectivity index (χ3v) is 6.13. The average Bonchev–Trinajstić information content (AvgIpc) is 3.29. The van der Waals surface area contributed by atoms with E-state index in [-0.39, 0.29) is 0 Å². The maximum Gasteiger partial charge on any atom is 0.164 e. The monoisotopic (exact) mass is 411 g/mol. The van der Waals surface area contributed by atoms with Crippen molar-refractivity contribution in [3.8, 4) is 0 Å². The first kappa shape index (κ1) is 19.6. The smallest absolute Gasteiger partial charge is 0.164 e. The van der Waals surface area contributed by atoms with Crippen molar-refractivity contribution in [2.75, 3.05) is 6.61 Å². The zero-order chi connectivity index (χ0) is 20.8. The molecular formula is C22H25N3O5. The van der Waals surface area contributed by atoms with Crippen LogP contribution in [-0.2, 0) is 28.9 Å². The van der Waals surface area contributed by atoms with Crippen LogP contribution in [0.4, 0.5) is 0 Å². The molecule has 30 heavy (non-hydrogen) atoms. The molecule has 0 bridgehead atoms. The van der Waals surface area contributed by atoms with Crippen LogP contribution in [0.5, 0.6) is 0 Å². The summed E-state index contributed by atoms with van der Waals surface area (Å²) in [5, 5.41) is 33.0. The molecule has 1 aliphatic carbocycles. The van der Waals surface area contributed by atoms with E-state index in [1.807, 2.05) is 31.2 Å². The molecule has 0 radical (unpaired) electrons.